The lowest BCUT2D eigenvalue weighted by atomic mass is 10.0. The van der Waals surface area contributed by atoms with E-state index in [1.54, 1.807) is 0 Å². The van der Waals surface area contributed by atoms with Crippen LogP contribution in [0.3, 0.4) is 0 Å². The number of rotatable bonds is 6. The third-order valence-electron chi connectivity index (χ3n) is 4.30. The lowest BCUT2D eigenvalue weighted by molar-refractivity contribution is -0.131. The van der Waals surface area contributed by atoms with Crippen molar-refractivity contribution in [1.82, 2.24) is 9.80 Å². The van der Waals surface area contributed by atoms with E-state index in [1.807, 2.05) is 30.1 Å². The molecule has 4 nitrogen and oxygen atoms in total. The highest BCUT2D eigenvalue weighted by Gasteiger charge is 2.24. The number of aryl methyl sites for hydroxylation is 1. The summed E-state index contributed by atoms with van der Waals surface area (Å²) >= 11 is 0. The summed E-state index contributed by atoms with van der Waals surface area (Å²) in [7, 11) is 4.01. The number of carbonyl (C=O) groups is 1. The molecule has 2 N–H and O–H groups in total. The normalized spacial score (nSPS) is 20.4. The lowest BCUT2D eigenvalue weighted by Crippen LogP contribution is -2.44. The first-order valence-corrected chi connectivity index (χ1v) is 7.79. The van der Waals surface area contributed by atoms with Crippen molar-refractivity contribution in [2.75, 3.05) is 33.7 Å². The fourth-order valence-corrected chi connectivity index (χ4v) is 3.03. The molecule has 21 heavy (non-hydrogen) atoms. The Morgan fingerprint density at radius 3 is 2.76 bits per heavy atom. The van der Waals surface area contributed by atoms with Crippen LogP contribution in [0.25, 0.3) is 0 Å². The van der Waals surface area contributed by atoms with Gasteiger partial charge in [-0.1, -0.05) is 30.3 Å². The van der Waals surface area contributed by atoms with Gasteiger partial charge in [-0.3, -0.25) is 4.79 Å². The highest BCUT2D eigenvalue weighted by molar-refractivity contribution is 5.81. The van der Waals surface area contributed by atoms with Gasteiger partial charge in [0.1, 0.15) is 0 Å². The molecule has 2 atom stereocenters. The van der Waals surface area contributed by atoms with Gasteiger partial charge in [0, 0.05) is 20.1 Å². The van der Waals surface area contributed by atoms with Gasteiger partial charge in [0.15, 0.2) is 0 Å². The summed E-state index contributed by atoms with van der Waals surface area (Å²) in [4.78, 5) is 16.5. The van der Waals surface area contributed by atoms with Gasteiger partial charge in [0.2, 0.25) is 5.91 Å². The van der Waals surface area contributed by atoms with Gasteiger partial charge in [0.05, 0.1) is 6.04 Å². The Morgan fingerprint density at radius 2 is 2.14 bits per heavy atom. The van der Waals surface area contributed by atoms with Crippen molar-refractivity contribution < 1.29 is 4.79 Å². The minimum absolute atomic E-state index is 0.0699. The molecule has 0 saturated carbocycles. The van der Waals surface area contributed by atoms with Crippen LogP contribution >= 0.6 is 0 Å². The minimum atomic E-state index is -0.394. The van der Waals surface area contributed by atoms with E-state index in [4.69, 9.17) is 5.73 Å². The molecule has 116 valence electrons. The van der Waals surface area contributed by atoms with E-state index in [0.717, 1.165) is 26.1 Å². The van der Waals surface area contributed by atoms with Crippen molar-refractivity contribution in [3.05, 3.63) is 35.9 Å². The maximum absolute atomic E-state index is 12.3. The second kappa shape index (κ2) is 7.57. The number of benzene rings is 1. The number of nitrogens with zero attached hydrogens (tertiary/aromatic N) is 2. The zero-order valence-corrected chi connectivity index (χ0v) is 13.2. The second-order valence-electron chi connectivity index (χ2n) is 6.27. The topological polar surface area (TPSA) is 49.6 Å². The average molecular weight is 289 g/mol. The average Bonchev–Trinajstić information content (AvgIpc) is 2.90. The highest BCUT2D eigenvalue weighted by atomic mass is 16.2. The summed E-state index contributed by atoms with van der Waals surface area (Å²) in [6.45, 7) is 3.03. The van der Waals surface area contributed by atoms with Crippen LogP contribution in [-0.4, -0.2) is 55.5 Å². The van der Waals surface area contributed by atoms with Crippen LogP contribution in [0.4, 0.5) is 0 Å². The molecule has 0 aliphatic carbocycles. The van der Waals surface area contributed by atoms with Gasteiger partial charge in [-0.05, 0) is 44.3 Å². The van der Waals surface area contributed by atoms with Crippen LogP contribution in [0.5, 0.6) is 0 Å². The van der Waals surface area contributed by atoms with Gasteiger partial charge < -0.3 is 15.5 Å². The maximum atomic E-state index is 12.3. The van der Waals surface area contributed by atoms with E-state index >= 15 is 0 Å². The summed E-state index contributed by atoms with van der Waals surface area (Å²) in [5, 5.41) is 0. The van der Waals surface area contributed by atoms with Crippen molar-refractivity contribution >= 4 is 5.91 Å². The molecular formula is C17H27N3O. The third-order valence-corrected chi connectivity index (χ3v) is 4.30. The number of amides is 1. The van der Waals surface area contributed by atoms with Gasteiger partial charge in [0.25, 0.3) is 0 Å². The molecule has 1 saturated heterocycles. The molecular weight excluding hydrogens is 262 g/mol. The quantitative estimate of drug-likeness (QED) is 0.860. The number of likely N-dealkylation sites (tertiary alicyclic amines) is 1. The van der Waals surface area contributed by atoms with Crippen molar-refractivity contribution in [3.63, 3.8) is 0 Å². The van der Waals surface area contributed by atoms with Gasteiger partial charge >= 0.3 is 0 Å². The molecule has 1 aromatic carbocycles. The molecule has 0 aromatic heterocycles. The van der Waals surface area contributed by atoms with Crippen LogP contribution in [0.15, 0.2) is 30.3 Å². The number of carbonyl (C=O) groups excluding carboxylic acids is 1. The lowest BCUT2D eigenvalue weighted by Gasteiger charge is -2.24. The van der Waals surface area contributed by atoms with Crippen molar-refractivity contribution in [3.8, 4) is 0 Å². The molecule has 1 aliphatic rings. The standard InChI is InChI=1S/C17H27N3O/c1-19-11-10-15(12-19)13-20(2)17(21)16(18)9-8-14-6-4-3-5-7-14/h3-7,15-16H,8-13,18H2,1-2H3. The first-order chi connectivity index (χ1) is 10.1. The third kappa shape index (κ3) is 4.83. The SMILES string of the molecule is CN1CCC(CN(C)C(=O)C(N)CCc2ccccc2)C1. The van der Waals surface area contributed by atoms with Crippen LogP contribution in [0, 0.1) is 5.92 Å². The first-order valence-electron chi connectivity index (χ1n) is 7.79. The highest BCUT2D eigenvalue weighted by Crippen LogP contribution is 2.15. The fourth-order valence-electron chi connectivity index (χ4n) is 3.03. The van der Waals surface area contributed by atoms with Crippen LogP contribution in [0.1, 0.15) is 18.4 Å². The smallest absolute Gasteiger partial charge is 0.239 e. The Hall–Kier alpha value is -1.39. The van der Waals surface area contributed by atoms with Crippen LogP contribution in [-0.2, 0) is 11.2 Å². The van der Waals surface area contributed by atoms with Crippen molar-refractivity contribution in [2.45, 2.75) is 25.3 Å². The maximum Gasteiger partial charge on any atom is 0.239 e. The molecule has 1 aliphatic heterocycles. The first kappa shape index (κ1) is 16.0. The van der Waals surface area contributed by atoms with Gasteiger partial charge in [-0.2, -0.15) is 0 Å². The zero-order chi connectivity index (χ0) is 15.2. The monoisotopic (exact) mass is 289 g/mol. The Kier molecular flexibility index (Phi) is 5.76. The van der Waals surface area contributed by atoms with E-state index in [9.17, 15) is 4.79 Å². The number of nitrogens with two attached hydrogens (primary N) is 1. The Labute approximate surface area is 127 Å². The molecule has 1 heterocycles. The Balaban J connectivity index is 1.76. The van der Waals surface area contributed by atoms with Crippen molar-refractivity contribution in [2.24, 2.45) is 11.7 Å². The van der Waals surface area contributed by atoms with Crippen LogP contribution < -0.4 is 5.73 Å². The molecule has 0 spiro atoms. The largest absolute Gasteiger partial charge is 0.344 e. The van der Waals surface area contributed by atoms with E-state index < -0.39 is 6.04 Å². The van der Waals surface area contributed by atoms with Crippen LogP contribution in [0.2, 0.25) is 0 Å². The second-order valence-corrected chi connectivity index (χ2v) is 6.27. The molecule has 0 bridgehead atoms. The molecule has 1 fully saturated rings. The summed E-state index contributed by atoms with van der Waals surface area (Å²) < 4.78 is 0. The molecule has 0 radical (unpaired) electrons. The summed E-state index contributed by atoms with van der Waals surface area (Å²) in [5.74, 6) is 0.658. The Morgan fingerprint density at radius 1 is 1.43 bits per heavy atom. The zero-order valence-electron chi connectivity index (χ0n) is 13.2. The van der Waals surface area contributed by atoms with Crippen molar-refractivity contribution in [1.29, 1.82) is 0 Å². The predicted molar refractivity (Wildman–Crippen MR) is 86.0 cm³/mol. The fraction of sp³-hybridized carbons (Fsp3) is 0.588. The van der Waals surface area contributed by atoms with E-state index in [2.05, 4.69) is 24.1 Å². The van der Waals surface area contributed by atoms with E-state index in [0.29, 0.717) is 12.3 Å². The summed E-state index contributed by atoms with van der Waals surface area (Å²) in [6, 6.07) is 9.80. The number of hydrogen-bond acceptors (Lipinski definition) is 3. The molecule has 1 aromatic rings. The van der Waals surface area contributed by atoms with Gasteiger partial charge in [-0.15, -0.1) is 0 Å². The summed E-state index contributed by atoms with van der Waals surface area (Å²) in [5.41, 5.74) is 7.30. The molecule has 2 unspecified atom stereocenters. The minimum Gasteiger partial charge on any atom is -0.344 e. The van der Waals surface area contributed by atoms with Gasteiger partial charge in [-0.25, -0.2) is 0 Å². The molecule has 4 heteroatoms. The summed E-state index contributed by atoms with van der Waals surface area (Å²) in [6.07, 6.45) is 2.74. The van der Waals surface area contributed by atoms with E-state index in [-0.39, 0.29) is 5.91 Å². The number of hydrogen-bond donors (Lipinski definition) is 1. The van der Waals surface area contributed by atoms with E-state index in [1.165, 1.54) is 12.0 Å². The molecule has 2 rings (SSSR count). The predicted octanol–water partition coefficient (Wildman–Crippen LogP) is 1.36. The Bertz CT molecular complexity index is 449. The number of likely N-dealkylation sites (N-methyl/N-ethyl adjacent to an activating group) is 1. The molecule has 1 amide bonds.